The van der Waals surface area contributed by atoms with E-state index in [0.717, 1.165) is 56.6 Å². The van der Waals surface area contributed by atoms with Crippen LogP contribution in [0.2, 0.25) is 0 Å². The van der Waals surface area contributed by atoms with Crippen LogP contribution in [0.25, 0.3) is 55.7 Å². The number of H-pyrrole nitrogens is 2. The molecule has 6 aromatic rings. The second kappa shape index (κ2) is 9.56. The first-order valence-corrected chi connectivity index (χ1v) is 12.2. The Hall–Kier alpha value is -4.83. The number of halogens is 1. The average Bonchev–Trinajstić information content (AvgIpc) is 3.51. The van der Waals surface area contributed by atoms with Gasteiger partial charge in [-0.15, -0.1) is 0 Å². The first kappa shape index (κ1) is 23.6. The number of anilines is 2. The molecule has 0 radical (unpaired) electrons. The van der Waals surface area contributed by atoms with Gasteiger partial charge in [0.25, 0.3) is 0 Å². The van der Waals surface area contributed by atoms with Crippen molar-refractivity contribution in [3.63, 3.8) is 0 Å². The van der Waals surface area contributed by atoms with E-state index >= 15 is 0 Å². The standard InChI is InChI=1S/C28H26FN9/c1-38(2)6-5-32-21-9-16(7-19(29)11-21)22-3-4-33-27-23(22)12-25(35-27)26-24-10-18(14-34-28(24)37-36-26)17-8-20(30)15-31-13-17/h3-4,7-15,32H,5-6,30H2,1-2H3,(H,33,35)(H,34,36,37). The number of nitrogens with one attached hydrogen (secondary N) is 3. The first-order chi connectivity index (χ1) is 18.4. The number of pyridine rings is 3. The van der Waals surface area contributed by atoms with E-state index in [4.69, 9.17) is 5.73 Å². The maximum Gasteiger partial charge on any atom is 0.181 e. The zero-order valence-corrected chi connectivity index (χ0v) is 21.0. The zero-order chi connectivity index (χ0) is 26.2. The maximum atomic E-state index is 14.6. The van der Waals surface area contributed by atoms with E-state index in [1.54, 1.807) is 30.9 Å². The van der Waals surface area contributed by atoms with Crippen LogP contribution in [0.5, 0.6) is 0 Å². The largest absolute Gasteiger partial charge is 0.397 e. The van der Waals surface area contributed by atoms with Gasteiger partial charge in [0.05, 0.1) is 17.1 Å². The number of aromatic nitrogens is 6. The summed E-state index contributed by atoms with van der Waals surface area (Å²) in [5.41, 5.74) is 13.5. The van der Waals surface area contributed by atoms with Crippen LogP contribution in [0.15, 0.2) is 67.3 Å². The summed E-state index contributed by atoms with van der Waals surface area (Å²) in [7, 11) is 4.01. The summed E-state index contributed by atoms with van der Waals surface area (Å²) in [6.45, 7) is 1.56. The molecule has 0 fully saturated rings. The Kier molecular flexibility index (Phi) is 5.93. The fraction of sp³-hybridized carbons (Fsp3) is 0.143. The second-order valence-corrected chi connectivity index (χ2v) is 9.46. The minimum absolute atomic E-state index is 0.301. The molecular formula is C28H26FN9. The van der Waals surface area contributed by atoms with Gasteiger partial charge in [0.2, 0.25) is 0 Å². The zero-order valence-electron chi connectivity index (χ0n) is 21.0. The number of likely N-dealkylation sites (N-methyl/N-ethyl adjacent to an activating group) is 1. The number of rotatable bonds is 7. The van der Waals surface area contributed by atoms with Gasteiger partial charge in [-0.3, -0.25) is 10.1 Å². The Labute approximate surface area is 218 Å². The highest BCUT2D eigenvalue weighted by Crippen LogP contribution is 2.35. The third-order valence-electron chi connectivity index (χ3n) is 6.40. The van der Waals surface area contributed by atoms with E-state index in [9.17, 15) is 4.39 Å². The first-order valence-electron chi connectivity index (χ1n) is 12.2. The van der Waals surface area contributed by atoms with Crippen LogP contribution in [0.4, 0.5) is 15.8 Å². The van der Waals surface area contributed by atoms with Crippen molar-refractivity contribution < 1.29 is 4.39 Å². The lowest BCUT2D eigenvalue weighted by atomic mass is 10.0. The normalized spacial score (nSPS) is 11.6. The number of fused-ring (bicyclic) bond motifs is 2. The summed E-state index contributed by atoms with van der Waals surface area (Å²) in [6, 6.07) is 12.8. The topological polar surface area (TPSA) is 124 Å². The van der Waals surface area contributed by atoms with Gasteiger partial charge in [0, 0.05) is 65.5 Å². The van der Waals surface area contributed by atoms with Crippen molar-refractivity contribution in [3.8, 4) is 33.6 Å². The van der Waals surface area contributed by atoms with Gasteiger partial charge in [0.1, 0.15) is 11.5 Å². The van der Waals surface area contributed by atoms with E-state index < -0.39 is 0 Å². The average molecular weight is 508 g/mol. The van der Waals surface area contributed by atoms with Gasteiger partial charge in [-0.05, 0) is 67.7 Å². The van der Waals surface area contributed by atoms with Crippen LogP contribution in [-0.4, -0.2) is 62.2 Å². The van der Waals surface area contributed by atoms with Crippen molar-refractivity contribution in [1.82, 2.24) is 35.0 Å². The van der Waals surface area contributed by atoms with Crippen LogP contribution in [0.3, 0.4) is 0 Å². The summed E-state index contributed by atoms with van der Waals surface area (Å²) in [5.74, 6) is -0.301. The third kappa shape index (κ3) is 4.53. The van der Waals surface area contributed by atoms with Crippen molar-refractivity contribution in [2.45, 2.75) is 0 Å². The lowest BCUT2D eigenvalue weighted by Gasteiger charge is -2.13. The molecule has 0 aliphatic carbocycles. The molecule has 10 heteroatoms. The van der Waals surface area contributed by atoms with Gasteiger partial charge in [0.15, 0.2) is 5.65 Å². The molecular weight excluding hydrogens is 481 g/mol. The number of nitrogens with two attached hydrogens (primary N) is 1. The highest BCUT2D eigenvalue weighted by Gasteiger charge is 2.16. The van der Waals surface area contributed by atoms with Crippen LogP contribution >= 0.6 is 0 Å². The molecule has 0 saturated heterocycles. The van der Waals surface area contributed by atoms with E-state index in [-0.39, 0.29) is 5.82 Å². The van der Waals surface area contributed by atoms with Crippen molar-refractivity contribution in [3.05, 3.63) is 73.1 Å². The lowest BCUT2D eigenvalue weighted by Crippen LogP contribution is -2.20. The molecule has 0 unspecified atom stereocenters. The van der Waals surface area contributed by atoms with Crippen molar-refractivity contribution >= 4 is 33.4 Å². The third-order valence-corrected chi connectivity index (χ3v) is 6.40. The fourth-order valence-electron chi connectivity index (χ4n) is 4.56. The number of hydrogen-bond acceptors (Lipinski definition) is 7. The van der Waals surface area contributed by atoms with Gasteiger partial charge in [-0.25, -0.2) is 14.4 Å². The number of hydrogen-bond donors (Lipinski definition) is 4. The predicted octanol–water partition coefficient (Wildman–Crippen LogP) is 4.93. The molecule has 38 heavy (non-hydrogen) atoms. The fourth-order valence-corrected chi connectivity index (χ4v) is 4.56. The molecule has 9 nitrogen and oxygen atoms in total. The Morgan fingerprint density at radius 1 is 0.947 bits per heavy atom. The van der Waals surface area contributed by atoms with Gasteiger partial charge < -0.3 is 20.9 Å². The van der Waals surface area contributed by atoms with Crippen molar-refractivity contribution in [2.75, 3.05) is 38.2 Å². The molecule has 5 N–H and O–H groups in total. The van der Waals surface area contributed by atoms with Crippen molar-refractivity contribution in [2.24, 2.45) is 0 Å². The van der Waals surface area contributed by atoms with E-state index in [1.807, 2.05) is 44.4 Å². The smallest absolute Gasteiger partial charge is 0.181 e. The Morgan fingerprint density at radius 2 is 1.82 bits per heavy atom. The number of nitrogen functional groups attached to an aromatic ring is 1. The van der Waals surface area contributed by atoms with Gasteiger partial charge in [-0.1, -0.05) is 0 Å². The minimum Gasteiger partial charge on any atom is -0.397 e. The van der Waals surface area contributed by atoms with Gasteiger partial charge >= 0.3 is 0 Å². The monoisotopic (exact) mass is 507 g/mol. The van der Waals surface area contributed by atoms with Crippen LogP contribution in [-0.2, 0) is 0 Å². The molecule has 0 amide bonds. The SMILES string of the molecule is CN(C)CCNc1cc(F)cc(-c2ccnc3[nH]c(-c4[nH]nc5ncc(-c6cncc(N)c6)cc45)cc23)c1. The highest BCUT2D eigenvalue weighted by atomic mass is 19.1. The molecule has 190 valence electrons. The summed E-state index contributed by atoms with van der Waals surface area (Å²) in [5, 5.41) is 12.5. The Morgan fingerprint density at radius 3 is 2.66 bits per heavy atom. The summed E-state index contributed by atoms with van der Waals surface area (Å²) in [6.07, 6.45) is 6.83. The molecule has 0 spiro atoms. The summed E-state index contributed by atoms with van der Waals surface area (Å²) in [4.78, 5) is 18.7. The van der Waals surface area contributed by atoms with Crippen LogP contribution in [0, 0.1) is 5.82 Å². The summed E-state index contributed by atoms with van der Waals surface area (Å²) < 4.78 is 14.6. The number of aromatic amines is 2. The molecule has 0 aliphatic rings. The minimum atomic E-state index is -0.301. The lowest BCUT2D eigenvalue weighted by molar-refractivity contribution is 0.425. The number of nitrogens with zero attached hydrogens (tertiary/aromatic N) is 5. The molecule has 5 aromatic heterocycles. The molecule has 0 saturated carbocycles. The summed E-state index contributed by atoms with van der Waals surface area (Å²) >= 11 is 0. The van der Waals surface area contributed by atoms with Crippen molar-refractivity contribution in [1.29, 1.82) is 0 Å². The van der Waals surface area contributed by atoms with E-state index in [1.165, 1.54) is 6.07 Å². The Balaban J connectivity index is 1.40. The van der Waals surface area contributed by atoms with Gasteiger partial charge in [-0.2, -0.15) is 5.10 Å². The molecule has 1 aromatic carbocycles. The molecule has 0 aliphatic heterocycles. The Bertz CT molecular complexity index is 1770. The number of benzene rings is 1. The maximum absolute atomic E-state index is 14.6. The molecule has 6 rings (SSSR count). The quantitative estimate of drug-likeness (QED) is 0.242. The predicted molar refractivity (Wildman–Crippen MR) is 149 cm³/mol. The van der Waals surface area contributed by atoms with E-state index in [0.29, 0.717) is 23.5 Å². The molecule has 0 bridgehead atoms. The molecule has 5 heterocycles. The van der Waals surface area contributed by atoms with Crippen LogP contribution < -0.4 is 11.1 Å². The highest BCUT2D eigenvalue weighted by molar-refractivity contribution is 6.00. The molecule has 0 atom stereocenters. The van der Waals surface area contributed by atoms with E-state index in [2.05, 4.69) is 40.3 Å². The second-order valence-electron chi connectivity index (χ2n) is 9.46. The van der Waals surface area contributed by atoms with Crippen LogP contribution in [0.1, 0.15) is 0 Å².